The molecule has 0 bridgehead atoms. The minimum atomic E-state index is -0.727. The lowest BCUT2D eigenvalue weighted by Crippen LogP contribution is -1.54. The van der Waals surface area contributed by atoms with Gasteiger partial charge in [0.1, 0.15) is 0 Å². The van der Waals surface area contributed by atoms with Crippen molar-refractivity contribution in [1.82, 2.24) is 0 Å². The maximum absolute atomic E-state index is 11.0. The van der Waals surface area contributed by atoms with Gasteiger partial charge in [0.25, 0.3) is 0 Å². The smallest absolute Gasteiger partial charge is 0.201 e. The largest absolute Gasteiger partial charge is 0.224 e. The fraction of sp³-hybridized carbons (Fsp3) is 1.00. The summed E-state index contributed by atoms with van der Waals surface area (Å²) in [7, 11) is 0. The summed E-state index contributed by atoms with van der Waals surface area (Å²) in [5.74, 6) is 0. The van der Waals surface area contributed by atoms with Gasteiger partial charge in [-0.1, -0.05) is 0 Å². The molecule has 0 aliphatic carbocycles. The summed E-state index contributed by atoms with van der Waals surface area (Å²) >= 11 is 3.33. The average Bonchev–Trinajstić information content (AvgIpc) is 0.811. The van der Waals surface area contributed by atoms with E-state index in [2.05, 4.69) is 0 Å². The van der Waals surface area contributed by atoms with Crippen molar-refractivity contribution in [3.8, 4) is 0 Å². The van der Waals surface area contributed by atoms with Crippen LogP contribution in [0.5, 0.6) is 0 Å². The van der Waals surface area contributed by atoms with Gasteiger partial charge >= 0.3 is 0 Å². The molecule has 0 saturated heterocycles. The van der Waals surface area contributed by atoms with E-state index in [1.165, 1.54) is 0 Å². The van der Waals surface area contributed by atoms with Crippen LogP contribution < -0.4 is 0 Å². The minimum Gasteiger partial charge on any atom is -0.224 e. The van der Waals surface area contributed by atoms with E-state index in [-0.39, 0.29) is 0 Å². The quantitative estimate of drug-likeness (QED) is 0.472. The molecule has 0 nitrogen and oxygen atoms in total. The summed E-state index contributed by atoms with van der Waals surface area (Å²) < 4.78 is 10.2. The number of rotatable bonds is 0. The van der Waals surface area contributed by atoms with Crippen LogP contribution >= 0.6 is 45.2 Å². The Kier molecular flexibility index (Phi) is 3.53. The third kappa shape index (κ3) is 10.0. The van der Waals surface area contributed by atoms with Crippen LogP contribution in [0.1, 0.15) is 0 Å². The van der Waals surface area contributed by atoms with Crippen LogP contribution in [0.2, 0.25) is 0 Å². The van der Waals surface area contributed by atoms with Gasteiger partial charge in [0.2, 0.25) is 2.19 Å². The molecule has 0 atom stereocenters. The summed E-state index contributed by atoms with van der Waals surface area (Å²) in [5, 5.41) is 0. The molecule has 0 unspecified atom stereocenters. The van der Waals surface area contributed by atoms with Gasteiger partial charge in [-0.25, -0.2) is 4.39 Å². The normalized spacial score (nSPS) is 9.00. The summed E-state index contributed by atoms with van der Waals surface area (Å²) in [6.07, 6.45) is 0. The second kappa shape index (κ2) is 2.62. The zero-order valence-corrected chi connectivity index (χ0v) is 6.03. The number of halogens is 3. The lowest BCUT2D eigenvalue weighted by molar-refractivity contribution is 0.603. The van der Waals surface area contributed by atoms with Gasteiger partial charge < -0.3 is 0 Å². The van der Waals surface area contributed by atoms with Crippen molar-refractivity contribution in [1.29, 1.82) is 0 Å². The van der Waals surface area contributed by atoms with E-state index in [9.17, 15) is 4.39 Å². The molecule has 3 heteroatoms. The highest BCUT2D eigenvalue weighted by atomic mass is 127. The van der Waals surface area contributed by atoms with E-state index >= 15 is 0 Å². The van der Waals surface area contributed by atoms with Crippen molar-refractivity contribution >= 4 is 45.2 Å². The first-order valence-corrected chi connectivity index (χ1v) is 3.15. The van der Waals surface area contributed by atoms with Gasteiger partial charge in [-0.15, -0.1) is 0 Å². The van der Waals surface area contributed by atoms with Crippen molar-refractivity contribution in [2.75, 3.05) is 0 Å². The third-order valence-corrected chi connectivity index (χ3v) is 0. The van der Waals surface area contributed by atoms with Gasteiger partial charge in [0, 0.05) is 0 Å². The van der Waals surface area contributed by atoms with Crippen molar-refractivity contribution in [3.63, 3.8) is 0 Å². The van der Waals surface area contributed by atoms with Crippen LogP contribution in [0.4, 0.5) is 4.39 Å². The fourth-order valence-corrected chi connectivity index (χ4v) is 0. The first-order chi connectivity index (χ1) is 1.73. The lowest BCUT2D eigenvalue weighted by Gasteiger charge is -1.69. The Balaban J connectivity index is 2.32. The van der Waals surface area contributed by atoms with Gasteiger partial charge in [0.05, 0.1) is 0 Å². The van der Waals surface area contributed by atoms with E-state index in [0.717, 1.165) is 0 Å². The predicted molar refractivity (Wildman–Crippen MR) is 32.9 cm³/mol. The third-order valence-electron chi connectivity index (χ3n) is 0. The molecule has 0 fully saturated rings. The molecule has 0 aromatic carbocycles. The Hall–Kier alpha value is 1.39. The van der Waals surface area contributed by atoms with Gasteiger partial charge in [-0.05, 0) is 45.2 Å². The summed E-state index contributed by atoms with van der Waals surface area (Å²) in [4.78, 5) is 0. The molecule has 0 radical (unpaired) electrons. The van der Waals surface area contributed by atoms with Gasteiger partial charge in [-0.2, -0.15) is 0 Å². The Morgan fingerprint density at radius 1 is 1.50 bits per heavy atom. The van der Waals surface area contributed by atoms with Gasteiger partial charge in [-0.3, -0.25) is 0 Å². The molecule has 0 spiro atoms. The van der Waals surface area contributed by atoms with E-state index in [4.69, 9.17) is 0 Å². The van der Waals surface area contributed by atoms with E-state index in [0.29, 0.717) is 0 Å². The molecule has 0 heterocycles. The molecule has 0 aromatic heterocycles. The van der Waals surface area contributed by atoms with Crippen molar-refractivity contribution < 1.29 is 4.39 Å². The Bertz CT molecular complexity index is 10.8. The molecule has 4 heavy (non-hydrogen) atoms. The molecule has 0 aromatic rings. The number of alkyl halides is 3. The molecular formula is CHFI2. The van der Waals surface area contributed by atoms with Crippen LogP contribution in [-0.4, -0.2) is 2.19 Å². The zero-order chi connectivity index (χ0) is 3.58. The van der Waals surface area contributed by atoms with Crippen LogP contribution in [0.25, 0.3) is 0 Å². The van der Waals surface area contributed by atoms with Crippen molar-refractivity contribution in [2.45, 2.75) is 2.19 Å². The second-order valence-corrected chi connectivity index (χ2v) is 4.82. The standard InChI is InChI=1S/CHFI2/c2-1(3)4/h1H. The van der Waals surface area contributed by atoms with Crippen LogP contribution in [0, 0.1) is 0 Å². The average molecular weight is 286 g/mol. The SMILES string of the molecule is FC(I)I. The highest BCUT2D eigenvalue weighted by Gasteiger charge is 1.79. The number of hydrogen-bond donors (Lipinski definition) is 0. The first kappa shape index (κ1) is 5.39. The summed E-state index contributed by atoms with van der Waals surface area (Å²) in [6, 6.07) is 0. The predicted octanol–water partition coefficient (Wildman–Crippen LogP) is 2.11. The van der Waals surface area contributed by atoms with E-state index in [1.807, 2.05) is 0 Å². The molecule has 0 saturated carbocycles. The number of hydrogen-bond acceptors (Lipinski definition) is 0. The Morgan fingerprint density at radius 3 is 1.50 bits per heavy atom. The summed E-state index contributed by atoms with van der Waals surface area (Å²) in [6.45, 7) is 0. The molecule has 0 N–H and O–H groups in total. The topological polar surface area (TPSA) is 0 Å². The Labute approximate surface area is 51.4 Å². The molecule has 0 aliphatic rings. The molecule has 26 valence electrons. The molecule has 0 aliphatic heterocycles. The maximum atomic E-state index is 11.0. The maximum Gasteiger partial charge on any atom is 0.201 e. The minimum absolute atomic E-state index is 0.727. The Morgan fingerprint density at radius 2 is 1.50 bits per heavy atom. The zero-order valence-electron chi connectivity index (χ0n) is 1.71. The van der Waals surface area contributed by atoms with Crippen LogP contribution in [0.15, 0.2) is 0 Å². The van der Waals surface area contributed by atoms with E-state index in [1.54, 1.807) is 45.2 Å². The lowest BCUT2D eigenvalue weighted by atomic mass is 11.9. The van der Waals surface area contributed by atoms with Crippen LogP contribution in [-0.2, 0) is 0 Å². The highest BCUT2D eigenvalue weighted by Crippen LogP contribution is 2.08. The van der Waals surface area contributed by atoms with E-state index < -0.39 is 2.19 Å². The molecule has 0 rings (SSSR count). The second-order valence-electron chi connectivity index (χ2n) is 0.247. The molecular weight excluding hydrogens is 285 g/mol. The first-order valence-electron chi connectivity index (χ1n) is 0.655. The summed E-state index contributed by atoms with van der Waals surface area (Å²) in [5.41, 5.74) is 0. The van der Waals surface area contributed by atoms with Crippen LogP contribution in [0.3, 0.4) is 0 Å². The van der Waals surface area contributed by atoms with Gasteiger partial charge in [0.15, 0.2) is 0 Å². The highest BCUT2D eigenvalue weighted by molar-refractivity contribution is 14.2. The van der Waals surface area contributed by atoms with Crippen molar-refractivity contribution in [3.05, 3.63) is 0 Å². The molecule has 0 amide bonds. The fourth-order valence-electron chi connectivity index (χ4n) is 0. The monoisotopic (exact) mass is 286 g/mol. The van der Waals surface area contributed by atoms with Crippen molar-refractivity contribution in [2.24, 2.45) is 0 Å².